The lowest BCUT2D eigenvalue weighted by atomic mass is 10.1. The van der Waals surface area contributed by atoms with Crippen LogP contribution in [-0.4, -0.2) is 16.6 Å². The Labute approximate surface area is 115 Å². The van der Waals surface area contributed by atoms with Crippen LogP contribution in [0.4, 0.5) is 0 Å². The fourth-order valence-corrected chi connectivity index (χ4v) is 1.26. The molecule has 0 N–H and O–H groups in total. The van der Waals surface area contributed by atoms with Gasteiger partial charge in [-0.25, -0.2) is 0 Å². The standard InChI is InChI=1S/C12H10.C4H14Si2/c1-3-7-11(8-4-1)12-9-5-2-6-10-12;1-5-6(2,3)4/h1-10H;5H2,1-4H3. The van der Waals surface area contributed by atoms with Crippen molar-refractivity contribution in [3.05, 3.63) is 60.7 Å². The normalized spacial score (nSPS) is 11.1. The van der Waals surface area contributed by atoms with Crippen LogP contribution in [0.15, 0.2) is 60.7 Å². The van der Waals surface area contributed by atoms with Crippen molar-refractivity contribution >= 4 is 16.6 Å². The summed E-state index contributed by atoms with van der Waals surface area (Å²) in [6.45, 7) is 9.74. The second-order valence-electron chi connectivity index (χ2n) is 5.65. The van der Waals surface area contributed by atoms with Crippen LogP contribution in [-0.2, 0) is 0 Å². The summed E-state index contributed by atoms with van der Waals surface area (Å²) in [7, 11) is -0.101. The van der Waals surface area contributed by atoms with Crippen LogP contribution >= 0.6 is 0 Å². The smallest absolute Gasteiger partial charge is 0.0307 e. The maximum Gasteiger partial charge on any atom is 0.0307 e. The lowest BCUT2D eigenvalue weighted by Crippen LogP contribution is -2.26. The highest BCUT2D eigenvalue weighted by molar-refractivity contribution is 7.22. The van der Waals surface area contributed by atoms with Crippen molar-refractivity contribution in [2.75, 3.05) is 0 Å². The summed E-state index contributed by atoms with van der Waals surface area (Å²) in [5.41, 5.74) is 2.55. The van der Waals surface area contributed by atoms with Crippen LogP contribution < -0.4 is 0 Å². The van der Waals surface area contributed by atoms with Gasteiger partial charge in [-0.2, -0.15) is 0 Å². The fourth-order valence-electron chi connectivity index (χ4n) is 1.26. The molecular formula is C16H24Si2. The molecule has 0 bridgehead atoms. The van der Waals surface area contributed by atoms with Crippen LogP contribution in [0, 0.1) is 0 Å². The molecule has 2 rings (SSSR count). The zero-order valence-electron chi connectivity index (χ0n) is 12.0. The summed E-state index contributed by atoms with van der Waals surface area (Å²) in [6.07, 6.45) is 0. The van der Waals surface area contributed by atoms with Gasteiger partial charge in [0.2, 0.25) is 0 Å². The van der Waals surface area contributed by atoms with Gasteiger partial charge in [0.05, 0.1) is 0 Å². The summed E-state index contributed by atoms with van der Waals surface area (Å²) < 4.78 is 0. The second kappa shape index (κ2) is 7.34. The van der Waals surface area contributed by atoms with E-state index < -0.39 is 7.59 Å². The summed E-state index contributed by atoms with van der Waals surface area (Å²) in [6, 6.07) is 20.8. The van der Waals surface area contributed by atoms with Crippen molar-refractivity contribution in [3.63, 3.8) is 0 Å². The first-order valence-electron chi connectivity index (χ1n) is 6.63. The Morgan fingerprint density at radius 3 is 1.17 bits per heavy atom. The molecule has 0 heterocycles. The van der Waals surface area contributed by atoms with Crippen LogP contribution in [0.2, 0.25) is 26.2 Å². The molecular weight excluding hydrogens is 248 g/mol. The number of hydrogen-bond acceptors (Lipinski definition) is 0. The molecule has 18 heavy (non-hydrogen) atoms. The van der Waals surface area contributed by atoms with Gasteiger partial charge in [-0.1, -0.05) is 86.9 Å². The Kier molecular flexibility index (Phi) is 6.09. The highest BCUT2D eigenvalue weighted by atomic mass is 29.2. The third kappa shape index (κ3) is 5.98. The first kappa shape index (κ1) is 14.9. The average molecular weight is 273 g/mol. The van der Waals surface area contributed by atoms with Crippen molar-refractivity contribution < 1.29 is 0 Å². The van der Waals surface area contributed by atoms with E-state index in [9.17, 15) is 0 Å². The third-order valence-electron chi connectivity index (χ3n) is 2.94. The largest absolute Gasteiger partial charge is 0.0766 e. The van der Waals surface area contributed by atoms with E-state index in [-0.39, 0.29) is 0 Å². The van der Waals surface area contributed by atoms with E-state index in [0.717, 1.165) is 0 Å². The average Bonchev–Trinajstić information content (AvgIpc) is 2.41. The fraction of sp³-hybridized carbons (Fsp3) is 0.250. The predicted molar refractivity (Wildman–Crippen MR) is 89.6 cm³/mol. The molecule has 0 aliphatic rings. The monoisotopic (exact) mass is 272 g/mol. The van der Waals surface area contributed by atoms with Gasteiger partial charge in [0.25, 0.3) is 0 Å². The molecule has 2 aromatic rings. The van der Waals surface area contributed by atoms with Gasteiger partial charge in [-0.3, -0.25) is 0 Å². The van der Waals surface area contributed by atoms with Gasteiger partial charge in [0, 0.05) is 16.6 Å². The van der Waals surface area contributed by atoms with Gasteiger partial charge < -0.3 is 0 Å². The molecule has 0 saturated carbocycles. The summed E-state index contributed by atoms with van der Waals surface area (Å²) >= 11 is 0. The lowest BCUT2D eigenvalue weighted by molar-refractivity contribution is 1.62. The van der Waals surface area contributed by atoms with Gasteiger partial charge >= 0.3 is 0 Å². The molecule has 96 valence electrons. The van der Waals surface area contributed by atoms with E-state index in [1.165, 1.54) is 11.1 Å². The molecule has 0 aliphatic heterocycles. The molecule has 0 aliphatic carbocycles. The zero-order chi connectivity index (χ0) is 13.4. The molecule has 0 radical (unpaired) electrons. The van der Waals surface area contributed by atoms with E-state index in [2.05, 4.69) is 74.7 Å². The van der Waals surface area contributed by atoms with Gasteiger partial charge in [-0.05, 0) is 11.1 Å². The van der Waals surface area contributed by atoms with E-state index in [1.807, 2.05) is 12.1 Å². The quantitative estimate of drug-likeness (QED) is 0.711. The Hall–Kier alpha value is -1.13. The van der Waals surface area contributed by atoms with E-state index in [1.54, 1.807) is 0 Å². The molecule has 0 nitrogen and oxygen atoms in total. The first-order chi connectivity index (χ1) is 8.53. The number of rotatable bonds is 2. The molecule has 2 aromatic carbocycles. The number of hydrogen-bond donors (Lipinski definition) is 0. The maximum absolute atomic E-state index is 2.44. The van der Waals surface area contributed by atoms with Crippen molar-refractivity contribution in [2.24, 2.45) is 0 Å². The summed E-state index contributed by atoms with van der Waals surface area (Å²) in [4.78, 5) is 0. The van der Waals surface area contributed by atoms with Gasteiger partial charge in [-0.15, -0.1) is 0 Å². The van der Waals surface area contributed by atoms with Crippen molar-refractivity contribution in [1.82, 2.24) is 0 Å². The van der Waals surface area contributed by atoms with Crippen LogP contribution in [0.5, 0.6) is 0 Å². The lowest BCUT2D eigenvalue weighted by Gasteiger charge is -2.08. The first-order valence-corrected chi connectivity index (χ1v) is 13.9. The van der Waals surface area contributed by atoms with E-state index in [4.69, 9.17) is 0 Å². The van der Waals surface area contributed by atoms with Gasteiger partial charge in [0.15, 0.2) is 0 Å². The molecule has 0 amide bonds. The van der Waals surface area contributed by atoms with Crippen molar-refractivity contribution in [1.29, 1.82) is 0 Å². The minimum Gasteiger partial charge on any atom is -0.0766 e. The van der Waals surface area contributed by atoms with Crippen LogP contribution in [0.25, 0.3) is 11.1 Å². The molecule has 0 spiro atoms. The maximum atomic E-state index is 2.44. The SMILES string of the molecule is C[SiH2][Si](C)(C)C.c1ccc(-c2ccccc2)cc1. The second-order valence-corrected chi connectivity index (χ2v) is 20.0. The zero-order valence-corrected chi connectivity index (χ0v) is 14.4. The predicted octanol–water partition coefficient (Wildman–Crippen LogP) is 4.39. The topological polar surface area (TPSA) is 0 Å². The minimum absolute atomic E-state index is 0.391. The molecule has 2 heteroatoms. The minimum atomic E-state index is -0.492. The summed E-state index contributed by atoms with van der Waals surface area (Å²) in [5.74, 6) is 0. The molecule has 0 aromatic heterocycles. The van der Waals surface area contributed by atoms with Crippen LogP contribution in [0.1, 0.15) is 0 Å². The molecule has 0 saturated heterocycles. The molecule has 0 atom stereocenters. The van der Waals surface area contributed by atoms with Gasteiger partial charge in [0.1, 0.15) is 0 Å². The third-order valence-corrected chi connectivity index (χ3v) is 11.4. The Balaban J connectivity index is 0.000000232. The van der Waals surface area contributed by atoms with E-state index in [0.29, 0.717) is 9.04 Å². The highest BCUT2D eigenvalue weighted by Gasteiger charge is 2.07. The highest BCUT2D eigenvalue weighted by Crippen LogP contribution is 2.17. The Morgan fingerprint density at radius 2 is 0.944 bits per heavy atom. The number of benzene rings is 2. The van der Waals surface area contributed by atoms with Crippen molar-refractivity contribution in [2.45, 2.75) is 26.2 Å². The Morgan fingerprint density at radius 1 is 0.667 bits per heavy atom. The van der Waals surface area contributed by atoms with Crippen molar-refractivity contribution in [3.8, 4) is 11.1 Å². The van der Waals surface area contributed by atoms with E-state index >= 15 is 0 Å². The van der Waals surface area contributed by atoms with Crippen LogP contribution in [0.3, 0.4) is 0 Å². The summed E-state index contributed by atoms with van der Waals surface area (Å²) in [5, 5.41) is 0. The Bertz CT molecular complexity index is 392. The molecule has 0 unspecified atom stereocenters. The molecule has 0 fully saturated rings.